The van der Waals surface area contributed by atoms with Gasteiger partial charge in [-0.2, -0.15) is 0 Å². The first-order valence-electron chi connectivity index (χ1n) is 18.7. The predicted molar refractivity (Wildman–Crippen MR) is 200 cm³/mol. The van der Waals surface area contributed by atoms with Crippen molar-refractivity contribution in [2.45, 2.75) is 91.1 Å². The Balaban J connectivity index is 1.03. The minimum absolute atomic E-state index is 0.0254. The lowest BCUT2D eigenvalue weighted by atomic mass is 9.98. The number of amides is 2. The SMILES string of the molecule is CCC(C)CC(=O)N1CCCC1c1nc(-c2ccc(-c3ccc4cc(-c5c[nH]c(C6CCCN6C(=O)CC(C)CC)n5)ccc4c3)cc2)c[nH]1. The number of aromatic amines is 2. The van der Waals surface area contributed by atoms with Crippen molar-refractivity contribution in [3.63, 3.8) is 0 Å². The molecule has 0 saturated carbocycles. The zero-order valence-electron chi connectivity index (χ0n) is 29.9. The van der Waals surface area contributed by atoms with Gasteiger partial charge in [-0.25, -0.2) is 9.97 Å². The molecule has 2 aliphatic rings. The van der Waals surface area contributed by atoms with Gasteiger partial charge in [-0.3, -0.25) is 9.59 Å². The summed E-state index contributed by atoms with van der Waals surface area (Å²) >= 11 is 0. The number of nitrogens with zero attached hydrogens (tertiary/aromatic N) is 4. The largest absolute Gasteiger partial charge is 0.346 e. The summed E-state index contributed by atoms with van der Waals surface area (Å²) in [5.74, 6) is 3.04. The van der Waals surface area contributed by atoms with Crippen molar-refractivity contribution < 1.29 is 9.59 Å². The number of hydrogen-bond donors (Lipinski definition) is 2. The van der Waals surface area contributed by atoms with Crippen LogP contribution in [0.15, 0.2) is 73.1 Å². The van der Waals surface area contributed by atoms with Crippen LogP contribution in [0.25, 0.3) is 44.4 Å². The first-order chi connectivity index (χ1) is 24.3. The van der Waals surface area contributed by atoms with E-state index < -0.39 is 0 Å². The molecule has 260 valence electrons. The summed E-state index contributed by atoms with van der Waals surface area (Å²) in [6.07, 6.45) is 11.1. The molecule has 2 fully saturated rings. The molecule has 2 N–H and O–H groups in total. The van der Waals surface area contributed by atoms with E-state index in [2.05, 4.69) is 98.3 Å². The van der Waals surface area contributed by atoms with E-state index in [1.807, 2.05) is 22.2 Å². The average Bonchev–Trinajstić information content (AvgIpc) is 3.97. The Morgan fingerprint density at radius 3 is 1.62 bits per heavy atom. The zero-order valence-corrected chi connectivity index (χ0v) is 29.9. The molecule has 4 heterocycles. The van der Waals surface area contributed by atoms with Gasteiger partial charge in [-0.15, -0.1) is 0 Å². The number of H-pyrrole nitrogens is 2. The second-order valence-electron chi connectivity index (χ2n) is 14.6. The van der Waals surface area contributed by atoms with Crippen molar-refractivity contribution in [2.75, 3.05) is 13.1 Å². The molecular weight excluding hydrogens is 621 g/mol. The molecule has 8 nitrogen and oxygen atoms in total. The van der Waals surface area contributed by atoms with E-state index >= 15 is 0 Å². The van der Waals surface area contributed by atoms with Crippen LogP contribution < -0.4 is 0 Å². The summed E-state index contributed by atoms with van der Waals surface area (Å²) in [5.41, 5.74) is 6.23. The third-order valence-electron chi connectivity index (χ3n) is 11.1. The molecule has 2 saturated heterocycles. The summed E-state index contributed by atoms with van der Waals surface area (Å²) in [5, 5.41) is 2.33. The molecule has 0 radical (unpaired) electrons. The van der Waals surface area contributed by atoms with Gasteiger partial charge in [0.15, 0.2) is 0 Å². The van der Waals surface area contributed by atoms with Crippen molar-refractivity contribution >= 4 is 22.6 Å². The molecule has 3 aromatic carbocycles. The first kappa shape index (κ1) is 33.8. The lowest BCUT2D eigenvalue weighted by Gasteiger charge is -2.24. The van der Waals surface area contributed by atoms with Crippen LogP contribution in [0.4, 0.5) is 0 Å². The van der Waals surface area contributed by atoms with Gasteiger partial charge in [0.1, 0.15) is 11.6 Å². The van der Waals surface area contributed by atoms with E-state index in [1.54, 1.807) is 0 Å². The highest BCUT2D eigenvalue weighted by molar-refractivity contribution is 5.90. The topological polar surface area (TPSA) is 98.0 Å². The Labute approximate surface area is 295 Å². The number of likely N-dealkylation sites (tertiary alicyclic amines) is 2. The normalized spacial score (nSPS) is 19.0. The minimum atomic E-state index is 0.0254. The number of nitrogens with one attached hydrogen (secondary N) is 2. The highest BCUT2D eigenvalue weighted by atomic mass is 16.2. The Bertz CT molecular complexity index is 1960. The summed E-state index contributed by atoms with van der Waals surface area (Å²) in [6.45, 7) is 10.2. The van der Waals surface area contributed by atoms with E-state index in [-0.39, 0.29) is 23.9 Å². The molecule has 4 atom stereocenters. The number of fused-ring (bicyclic) bond motifs is 1. The van der Waals surface area contributed by atoms with Crippen molar-refractivity contribution in [3.8, 4) is 33.6 Å². The number of benzene rings is 3. The van der Waals surface area contributed by atoms with Gasteiger partial charge in [0.2, 0.25) is 11.8 Å². The van der Waals surface area contributed by atoms with E-state index in [0.29, 0.717) is 24.7 Å². The number of aromatic nitrogens is 4. The molecular formula is C42H50N6O2. The van der Waals surface area contributed by atoms with E-state index in [0.717, 1.165) is 102 Å². The Morgan fingerprint density at radius 2 is 1.10 bits per heavy atom. The van der Waals surface area contributed by atoms with Gasteiger partial charge in [0.05, 0.1) is 23.5 Å². The molecule has 4 unspecified atom stereocenters. The van der Waals surface area contributed by atoms with Gasteiger partial charge in [0.25, 0.3) is 0 Å². The highest BCUT2D eigenvalue weighted by Gasteiger charge is 2.33. The maximum Gasteiger partial charge on any atom is 0.223 e. The van der Waals surface area contributed by atoms with Crippen molar-refractivity contribution in [2.24, 2.45) is 11.8 Å². The standard InChI is InChI=1S/C42H50N6O2/c1-5-27(3)21-39(49)47-19-7-9-37(47)41-43-25-35(45-41)30-13-11-29(12-14-30)31-15-16-33-24-34(18-17-32(33)23-31)36-26-44-42(46-36)38-10-8-20-48(38)40(50)22-28(4)6-2/h11-18,23-28,37-38H,5-10,19-22H2,1-4H3,(H,43,45)(H,44,46). The molecule has 2 amide bonds. The summed E-state index contributed by atoms with van der Waals surface area (Å²) in [6, 6.07) is 21.7. The molecule has 5 aromatic rings. The predicted octanol–water partition coefficient (Wildman–Crippen LogP) is 9.49. The quantitative estimate of drug-likeness (QED) is 0.146. The third kappa shape index (κ3) is 6.98. The lowest BCUT2D eigenvalue weighted by molar-refractivity contribution is -0.134. The summed E-state index contributed by atoms with van der Waals surface area (Å²) in [4.78, 5) is 46.7. The number of rotatable bonds is 11. The first-order valence-corrected chi connectivity index (χ1v) is 18.7. The van der Waals surface area contributed by atoms with Crippen LogP contribution in [-0.4, -0.2) is 54.6 Å². The second kappa shape index (κ2) is 14.6. The Hall–Kier alpha value is -4.72. The Morgan fingerprint density at radius 1 is 0.660 bits per heavy atom. The molecule has 0 spiro atoms. The fraction of sp³-hybridized carbons (Fsp3) is 0.429. The number of carbonyl (C=O) groups is 2. The van der Waals surface area contributed by atoms with E-state index in [9.17, 15) is 9.59 Å². The van der Waals surface area contributed by atoms with Crippen molar-refractivity contribution in [1.82, 2.24) is 29.7 Å². The maximum absolute atomic E-state index is 13.0. The Kier molecular flexibility index (Phi) is 9.88. The maximum atomic E-state index is 13.0. The van der Waals surface area contributed by atoms with E-state index in [1.165, 1.54) is 5.39 Å². The number of hydrogen-bond acceptors (Lipinski definition) is 4. The zero-order chi connectivity index (χ0) is 34.8. The third-order valence-corrected chi connectivity index (χ3v) is 11.1. The molecule has 7 rings (SSSR count). The minimum Gasteiger partial charge on any atom is -0.346 e. The number of imidazole rings is 2. The monoisotopic (exact) mass is 670 g/mol. The van der Waals surface area contributed by atoms with Crippen LogP contribution in [0.5, 0.6) is 0 Å². The molecule has 8 heteroatoms. The van der Waals surface area contributed by atoms with Crippen LogP contribution >= 0.6 is 0 Å². The highest BCUT2D eigenvalue weighted by Crippen LogP contribution is 2.35. The number of carbonyl (C=O) groups excluding carboxylic acids is 2. The van der Waals surface area contributed by atoms with Crippen LogP contribution in [0.3, 0.4) is 0 Å². The molecule has 0 bridgehead atoms. The smallest absolute Gasteiger partial charge is 0.223 e. The van der Waals surface area contributed by atoms with Crippen LogP contribution in [0.1, 0.15) is 103 Å². The average molecular weight is 671 g/mol. The fourth-order valence-electron chi connectivity index (χ4n) is 7.55. The van der Waals surface area contributed by atoms with Gasteiger partial charge in [-0.05, 0) is 71.6 Å². The van der Waals surface area contributed by atoms with Crippen LogP contribution in [0.2, 0.25) is 0 Å². The molecule has 50 heavy (non-hydrogen) atoms. The van der Waals surface area contributed by atoms with Gasteiger partial charge in [0, 0.05) is 49.5 Å². The van der Waals surface area contributed by atoms with Crippen LogP contribution in [0, 0.1) is 11.8 Å². The molecule has 2 aromatic heterocycles. The summed E-state index contributed by atoms with van der Waals surface area (Å²) < 4.78 is 0. The molecule has 0 aliphatic carbocycles. The van der Waals surface area contributed by atoms with Crippen molar-refractivity contribution in [3.05, 3.63) is 84.7 Å². The van der Waals surface area contributed by atoms with Gasteiger partial charge >= 0.3 is 0 Å². The lowest BCUT2D eigenvalue weighted by Crippen LogP contribution is -2.32. The summed E-state index contributed by atoms with van der Waals surface area (Å²) in [7, 11) is 0. The van der Waals surface area contributed by atoms with Gasteiger partial charge in [-0.1, -0.05) is 89.1 Å². The second-order valence-corrected chi connectivity index (χ2v) is 14.6. The molecule has 2 aliphatic heterocycles. The van der Waals surface area contributed by atoms with Crippen molar-refractivity contribution in [1.29, 1.82) is 0 Å². The van der Waals surface area contributed by atoms with Gasteiger partial charge < -0.3 is 19.8 Å². The van der Waals surface area contributed by atoms with Crippen LogP contribution in [-0.2, 0) is 9.59 Å². The fourth-order valence-corrected chi connectivity index (χ4v) is 7.55. The van der Waals surface area contributed by atoms with E-state index in [4.69, 9.17) is 9.97 Å².